The Morgan fingerprint density at radius 3 is 2.55 bits per heavy atom. The molecule has 0 unspecified atom stereocenters. The Labute approximate surface area is 119 Å². The van der Waals surface area contributed by atoms with Crippen molar-refractivity contribution in [2.75, 3.05) is 0 Å². The number of carboxylic acids is 1. The van der Waals surface area contributed by atoms with Gasteiger partial charge < -0.3 is 10.4 Å². The van der Waals surface area contributed by atoms with E-state index in [0.29, 0.717) is 12.1 Å². The number of carbonyl (C=O) groups is 1. The molecule has 0 aliphatic carbocycles. The van der Waals surface area contributed by atoms with Crippen molar-refractivity contribution in [3.8, 4) is 0 Å². The van der Waals surface area contributed by atoms with Crippen LogP contribution in [-0.2, 0) is 6.54 Å². The Morgan fingerprint density at radius 1 is 1.20 bits per heavy atom. The summed E-state index contributed by atoms with van der Waals surface area (Å²) in [6.07, 6.45) is 0. The predicted molar refractivity (Wildman–Crippen MR) is 79.8 cm³/mol. The fraction of sp³-hybridized carbons (Fsp3) is 0.235. The standard InChI is InChI=1S/C17H19NO2/c1-12-6-8-15(9-7-12)13(2)18-11-14-4-3-5-16(10-14)17(19)20/h3-10,13,18H,11H2,1-2H3,(H,19,20)/t13-/m0/s1. The van der Waals surface area contributed by atoms with Crippen LogP contribution in [0.1, 0.15) is 40.0 Å². The first-order valence-corrected chi connectivity index (χ1v) is 6.68. The Hall–Kier alpha value is -2.13. The summed E-state index contributed by atoms with van der Waals surface area (Å²) in [5.41, 5.74) is 3.77. The van der Waals surface area contributed by atoms with E-state index in [1.807, 2.05) is 6.07 Å². The fourth-order valence-electron chi connectivity index (χ4n) is 2.06. The van der Waals surface area contributed by atoms with Crippen LogP contribution in [0, 0.1) is 6.92 Å². The van der Waals surface area contributed by atoms with Gasteiger partial charge in [-0.15, -0.1) is 0 Å². The van der Waals surface area contributed by atoms with Crippen LogP contribution >= 0.6 is 0 Å². The van der Waals surface area contributed by atoms with Crippen molar-refractivity contribution in [2.24, 2.45) is 0 Å². The van der Waals surface area contributed by atoms with Crippen molar-refractivity contribution in [2.45, 2.75) is 26.4 Å². The van der Waals surface area contributed by atoms with E-state index in [4.69, 9.17) is 5.11 Å². The molecular formula is C17H19NO2. The fourth-order valence-corrected chi connectivity index (χ4v) is 2.06. The number of carboxylic acid groups (broad SMARTS) is 1. The van der Waals surface area contributed by atoms with E-state index in [1.54, 1.807) is 18.2 Å². The van der Waals surface area contributed by atoms with Gasteiger partial charge >= 0.3 is 5.97 Å². The van der Waals surface area contributed by atoms with Crippen LogP contribution in [0.15, 0.2) is 48.5 Å². The summed E-state index contributed by atoms with van der Waals surface area (Å²) >= 11 is 0. The molecule has 0 aliphatic rings. The first kappa shape index (κ1) is 14.3. The Kier molecular flexibility index (Phi) is 4.53. The molecule has 0 bridgehead atoms. The van der Waals surface area contributed by atoms with Gasteiger partial charge in [0.05, 0.1) is 5.56 Å². The molecule has 0 heterocycles. The number of benzene rings is 2. The molecule has 0 radical (unpaired) electrons. The number of aryl methyl sites for hydroxylation is 1. The third-order valence-corrected chi connectivity index (χ3v) is 3.36. The summed E-state index contributed by atoms with van der Waals surface area (Å²) in [4.78, 5) is 10.9. The summed E-state index contributed by atoms with van der Waals surface area (Å²) in [5.74, 6) is -0.890. The third kappa shape index (κ3) is 3.68. The SMILES string of the molecule is Cc1ccc([C@H](C)NCc2cccc(C(=O)O)c2)cc1. The minimum atomic E-state index is -0.890. The van der Waals surface area contributed by atoms with Gasteiger partial charge in [0.1, 0.15) is 0 Å². The van der Waals surface area contributed by atoms with Crippen molar-refractivity contribution in [3.05, 3.63) is 70.8 Å². The molecule has 0 amide bonds. The second-order valence-electron chi connectivity index (χ2n) is 5.02. The highest BCUT2D eigenvalue weighted by atomic mass is 16.4. The number of hydrogen-bond acceptors (Lipinski definition) is 2. The van der Waals surface area contributed by atoms with E-state index in [1.165, 1.54) is 11.1 Å². The van der Waals surface area contributed by atoms with Crippen LogP contribution < -0.4 is 5.32 Å². The Bertz CT molecular complexity index is 590. The number of hydrogen-bond donors (Lipinski definition) is 2. The normalized spacial score (nSPS) is 12.1. The van der Waals surface area contributed by atoms with E-state index < -0.39 is 5.97 Å². The van der Waals surface area contributed by atoms with Gasteiger partial charge in [-0.2, -0.15) is 0 Å². The van der Waals surface area contributed by atoms with Crippen molar-refractivity contribution >= 4 is 5.97 Å². The average Bonchev–Trinajstić information content (AvgIpc) is 2.46. The van der Waals surface area contributed by atoms with E-state index in [9.17, 15) is 4.79 Å². The Balaban J connectivity index is 1.99. The zero-order valence-corrected chi connectivity index (χ0v) is 11.8. The Morgan fingerprint density at radius 2 is 1.90 bits per heavy atom. The largest absolute Gasteiger partial charge is 0.478 e. The summed E-state index contributed by atoms with van der Waals surface area (Å²) in [6, 6.07) is 15.7. The van der Waals surface area contributed by atoms with E-state index in [0.717, 1.165) is 5.56 Å². The molecule has 2 rings (SSSR count). The predicted octanol–water partition coefficient (Wildman–Crippen LogP) is 3.54. The van der Waals surface area contributed by atoms with Gasteiger partial charge in [0.2, 0.25) is 0 Å². The van der Waals surface area contributed by atoms with Gasteiger partial charge in [-0.1, -0.05) is 42.0 Å². The molecule has 0 fully saturated rings. The smallest absolute Gasteiger partial charge is 0.335 e. The maximum absolute atomic E-state index is 10.9. The molecule has 104 valence electrons. The van der Waals surface area contributed by atoms with Gasteiger partial charge in [-0.3, -0.25) is 0 Å². The highest BCUT2D eigenvalue weighted by Crippen LogP contribution is 2.14. The van der Waals surface area contributed by atoms with Gasteiger partial charge in [-0.05, 0) is 37.1 Å². The van der Waals surface area contributed by atoms with Crippen molar-refractivity contribution in [3.63, 3.8) is 0 Å². The van der Waals surface area contributed by atoms with Crippen LogP contribution in [-0.4, -0.2) is 11.1 Å². The average molecular weight is 269 g/mol. The molecule has 3 heteroatoms. The maximum atomic E-state index is 10.9. The molecular weight excluding hydrogens is 250 g/mol. The van der Waals surface area contributed by atoms with E-state index in [2.05, 4.69) is 43.4 Å². The number of aromatic carboxylic acids is 1. The molecule has 1 atom stereocenters. The second kappa shape index (κ2) is 6.35. The zero-order chi connectivity index (χ0) is 14.5. The first-order valence-electron chi connectivity index (χ1n) is 6.68. The monoisotopic (exact) mass is 269 g/mol. The molecule has 20 heavy (non-hydrogen) atoms. The van der Waals surface area contributed by atoms with Crippen molar-refractivity contribution in [1.29, 1.82) is 0 Å². The summed E-state index contributed by atoms with van der Waals surface area (Å²) in [7, 11) is 0. The molecule has 0 saturated heterocycles. The lowest BCUT2D eigenvalue weighted by Crippen LogP contribution is -2.18. The van der Waals surface area contributed by atoms with E-state index in [-0.39, 0.29) is 6.04 Å². The van der Waals surface area contributed by atoms with Gasteiger partial charge in [-0.25, -0.2) is 4.79 Å². The lowest BCUT2D eigenvalue weighted by Gasteiger charge is -2.14. The van der Waals surface area contributed by atoms with Gasteiger partial charge in [0.25, 0.3) is 0 Å². The van der Waals surface area contributed by atoms with Gasteiger partial charge in [0.15, 0.2) is 0 Å². The zero-order valence-electron chi connectivity index (χ0n) is 11.8. The molecule has 3 nitrogen and oxygen atoms in total. The number of rotatable bonds is 5. The van der Waals surface area contributed by atoms with E-state index >= 15 is 0 Å². The molecule has 2 aromatic rings. The summed E-state index contributed by atoms with van der Waals surface area (Å²) in [5, 5.41) is 12.4. The quantitative estimate of drug-likeness (QED) is 0.872. The number of nitrogens with one attached hydrogen (secondary N) is 1. The molecule has 0 saturated carbocycles. The molecule has 0 aromatic heterocycles. The van der Waals surface area contributed by atoms with Crippen LogP contribution in [0.3, 0.4) is 0 Å². The molecule has 2 aromatic carbocycles. The van der Waals surface area contributed by atoms with Crippen LogP contribution in [0.4, 0.5) is 0 Å². The molecule has 2 N–H and O–H groups in total. The lowest BCUT2D eigenvalue weighted by molar-refractivity contribution is 0.0696. The minimum Gasteiger partial charge on any atom is -0.478 e. The van der Waals surface area contributed by atoms with Crippen LogP contribution in [0.2, 0.25) is 0 Å². The summed E-state index contributed by atoms with van der Waals surface area (Å²) in [6.45, 7) is 4.82. The van der Waals surface area contributed by atoms with Gasteiger partial charge in [0, 0.05) is 12.6 Å². The highest BCUT2D eigenvalue weighted by molar-refractivity contribution is 5.87. The van der Waals surface area contributed by atoms with Crippen LogP contribution in [0.25, 0.3) is 0 Å². The first-order chi connectivity index (χ1) is 9.56. The molecule has 0 aliphatic heterocycles. The summed E-state index contributed by atoms with van der Waals surface area (Å²) < 4.78 is 0. The highest BCUT2D eigenvalue weighted by Gasteiger charge is 2.06. The third-order valence-electron chi connectivity index (χ3n) is 3.36. The molecule has 0 spiro atoms. The van der Waals surface area contributed by atoms with Crippen molar-refractivity contribution < 1.29 is 9.90 Å². The minimum absolute atomic E-state index is 0.226. The lowest BCUT2D eigenvalue weighted by atomic mass is 10.1. The second-order valence-corrected chi connectivity index (χ2v) is 5.02. The maximum Gasteiger partial charge on any atom is 0.335 e. The topological polar surface area (TPSA) is 49.3 Å². The van der Waals surface area contributed by atoms with Crippen molar-refractivity contribution in [1.82, 2.24) is 5.32 Å². The van der Waals surface area contributed by atoms with Crippen LogP contribution in [0.5, 0.6) is 0 Å².